The summed E-state index contributed by atoms with van der Waals surface area (Å²) in [6, 6.07) is 2.39. The number of nitrogens with two attached hydrogens (primary N) is 1. The van der Waals surface area contributed by atoms with E-state index in [0.29, 0.717) is 11.3 Å². The molecule has 94 valence electrons. The molecule has 0 aliphatic rings. The van der Waals surface area contributed by atoms with Gasteiger partial charge in [0.05, 0.1) is 11.9 Å². The predicted molar refractivity (Wildman–Crippen MR) is 62.2 cm³/mol. The molecule has 2 aromatic rings. The lowest BCUT2D eigenvalue weighted by Crippen LogP contribution is -2.14. The first-order valence-electron chi connectivity index (χ1n) is 4.76. The minimum Gasteiger partial charge on any atom is -0.389 e. The fourth-order valence-corrected chi connectivity index (χ4v) is 1.56. The molecule has 0 saturated carbocycles. The molecular weight excluding hydrogens is 265 g/mol. The number of hydrogen-bond acceptors (Lipinski definition) is 3. The van der Waals surface area contributed by atoms with E-state index in [1.54, 1.807) is 0 Å². The Bertz CT molecular complexity index is 591. The van der Waals surface area contributed by atoms with Gasteiger partial charge in [-0.05, 0) is 12.1 Å². The number of nitrogens with zero attached hydrogens (tertiary/aromatic N) is 3. The maximum absolute atomic E-state index is 12.4. The Morgan fingerprint density at radius 1 is 1.33 bits per heavy atom. The zero-order valence-corrected chi connectivity index (χ0v) is 9.66. The minimum absolute atomic E-state index is 0.0662. The van der Waals surface area contributed by atoms with Crippen molar-refractivity contribution in [2.24, 2.45) is 5.73 Å². The van der Waals surface area contributed by atoms with Crippen LogP contribution < -0.4 is 5.73 Å². The Hall–Kier alpha value is -1.96. The SMILES string of the molecule is NC(=S)c1ccncc1-n1ccc(C(F)(F)F)n1. The maximum atomic E-state index is 12.4. The maximum Gasteiger partial charge on any atom is 0.435 e. The van der Waals surface area contributed by atoms with E-state index in [2.05, 4.69) is 10.1 Å². The number of pyridine rings is 1. The van der Waals surface area contributed by atoms with E-state index < -0.39 is 11.9 Å². The lowest BCUT2D eigenvalue weighted by molar-refractivity contribution is -0.141. The normalized spacial score (nSPS) is 11.5. The number of halogens is 3. The quantitative estimate of drug-likeness (QED) is 0.849. The molecule has 8 heteroatoms. The molecule has 4 nitrogen and oxygen atoms in total. The van der Waals surface area contributed by atoms with Crippen LogP contribution in [0.15, 0.2) is 30.7 Å². The van der Waals surface area contributed by atoms with Crippen LogP contribution in [0.5, 0.6) is 0 Å². The molecular formula is C10H7F3N4S. The molecule has 2 rings (SSSR count). The molecule has 2 N–H and O–H groups in total. The van der Waals surface area contributed by atoms with Crippen LogP contribution in [-0.4, -0.2) is 19.8 Å². The number of rotatable bonds is 2. The average Bonchev–Trinajstić information content (AvgIpc) is 2.77. The van der Waals surface area contributed by atoms with Crippen LogP contribution in [0, 0.1) is 0 Å². The smallest absolute Gasteiger partial charge is 0.389 e. The lowest BCUT2D eigenvalue weighted by Gasteiger charge is -2.07. The summed E-state index contributed by atoms with van der Waals surface area (Å²) in [5.41, 5.74) is 5.22. The van der Waals surface area contributed by atoms with Crippen LogP contribution in [0.3, 0.4) is 0 Å². The largest absolute Gasteiger partial charge is 0.435 e. The summed E-state index contributed by atoms with van der Waals surface area (Å²) in [6.07, 6.45) is -0.508. The van der Waals surface area contributed by atoms with Crippen LogP contribution in [0.2, 0.25) is 0 Å². The van der Waals surface area contributed by atoms with Crippen molar-refractivity contribution in [1.82, 2.24) is 14.8 Å². The van der Waals surface area contributed by atoms with Gasteiger partial charge in [0.15, 0.2) is 5.69 Å². The van der Waals surface area contributed by atoms with Crippen LogP contribution in [-0.2, 0) is 6.18 Å². The van der Waals surface area contributed by atoms with E-state index >= 15 is 0 Å². The van der Waals surface area contributed by atoms with E-state index in [-0.39, 0.29) is 4.99 Å². The highest BCUT2D eigenvalue weighted by Gasteiger charge is 2.33. The second kappa shape index (κ2) is 4.37. The van der Waals surface area contributed by atoms with Crippen molar-refractivity contribution in [3.8, 4) is 5.69 Å². The van der Waals surface area contributed by atoms with Gasteiger partial charge in [-0.1, -0.05) is 12.2 Å². The molecule has 0 radical (unpaired) electrons. The minimum atomic E-state index is -4.49. The van der Waals surface area contributed by atoms with Crippen molar-refractivity contribution in [2.45, 2.75) is 6.18 Å². The summed E-state index contributed by atoms with van der Waals surface area (Å²) in [7, 11) is 0. The number of aromatic nitrogens is 3. The fourth-order valence-electron chi connectivity index (χ4n) is 1.39. The predicted octanol–water partition coefficient (Wildman–Crippen LogP) is 1.92. The van der Waals surface area contributed by atoms with Gasteiger partial charge in [0.1, 0.15) is 4.99 Å². The summed E-state index contributed by atoms with van der Waals surface area (Å²) < 4.78 is 38.3. The summed E-state index contributed by atoms with van der Waals surface area (Å²) in [6.45, 7) is 0. The van der Waals surface area contributed by atoms with Crippen LogP contribution in [0.25, 0.3) is 5.69 Å². The molecule has 0 unspecified atom stereocenters. The fraction of sp³-hybridized carbons (Fsp3) is 0.100. The van der Waals surface area contributed by atoms with Gasteiger partial charge in [0, 0.05) is 18.0 Å². The molecule has 0 atom stereocenters. The highest BCUT2D eigenvalue weighted by atomic mass is 32.1. The van der Waals surface area contributed by atoms with Crippen LogP contribution in [0.1, 0.15) is 11.3 Å². The Balaban J connectivity index is 2.50. The Morgan fingerprint density at radius 2 is 2.06 bits per heavy atom. The van der Waals surface area contributed by atoms with E-state index in [0.717, 1.165) is 10.7 Å². The average molecular weight is 272 g/mol. The Kier molecular flexibility index (Phi) is 3.04. The molecule has 0 fully saturated rings. The third-order valence-electron chi connectivity index (χ3n) is 2.19. The molecule has 0 spiro atoms. The third kappa shape index (κ3) is 2.33. The second-order valence-corrected chi connectivity index (χ2v) is 3.84. The molecule has 0 aliphatic carbocycles. The van der Waals surface area contributed by atoms with E-state index in [1.807, 2.05) is 0 Å². The van der Waals surface area contributed by atoms with E-state index in [9.17, 15) is 13.2 Å². The molecule has 0 amide bonds. The third-order valence-corrected chi connectivity index (χ3v) is 2.41. The molecule has 0 saturated heterocycles. The van der Waals surface area contributed by atoms with Gasteiger partial charge in [-0.2, -0.15) is 18.3 Å². The highest BCUT2D eigenvalue weighted by Crippen LogP contribution is 2.28. The van der Waals surface area contributed by atoms with Crippen molar-refractivity contribution < 1.29 is 13.2 Å². The second-order valence-electron chi connectivity index (χ2n) is 3.40. The van der Waals surface area contributed by atoms with E-state index in [4.69, 9.17) is 18.0 Å². The molecule has 2 aromatic heterocycles. The van der Waals surface area contributed by atoms with Crippen molar-refractivity contribution in [1.29, 1.82) is 0 Å². The first-order valence-corrected chi connectivity index (χ1v) is 5.17. The number of thiocarbonyl (C=S) groups is 1. The first-order chi connectivity index (χ1) is 8.39. The zero-order valence-electron chi connectivity index (χ0n) is 8.85. The summed E-state index contributed by atoms with van der Waals surface area (Å²) in [5.74, 6) is 0. The Morgan fingerprint density at radius 3 is 2.61 bits per heavy atom. The van der Waals surface area contributed by atoms with Crippen molar-refractivity contribution >= 4 is 17.2 Å². The molecule has 2 heterocycles. The first kappa shape index (κ1) is 12.5. The van der Waals surface area contributed by atoms with Gasteiger partial charge in [0.2, 0.25) is 0 Å². The monoisotopic (exact) mass is 272 g/mol. The van der Waals surface area contributed by atoms with Gasteiger partial charge in [-0.25, -0.2) is 4.68 Å². The van der Waals surface area contributed by atoms with Crippen molar-refractivity contribution in [2.75, 3.05) is 0 Å². The standard InChI is InChI=1S/C10H7F3N4S/c11-10(12,13)8-2-4-17(16-8)7-5-15-3-1-6(7)9(14)18/h1-5H,(H2,14,18). The number of hydrogen-bond donors (Lipinski definition) is 1. The van der Waals surface area contributed by atoms with E-state index in [1.165, 1.54) is 24.7 Å². The Labute approximate surface area is 105 Å². The van der Waals surface area contributed by atoms with Gasteiger partial charge in [0.25, 0.3) is 0 Å². The number of alkyl halides is 3. The molecule has 0 aromatic carbocycles. The van der Waals surface area contributed by atoms with Crippen LogP contribution >= 0.6 is 12.2 Å². The molecule has 0 bridgehead atoms. The van der Waals surface area contributed by atoms with Gasteiger partial charge < -0.3 is 5.73 Å². The van der Waals surface area contributed by atoms with Gasteiger partial charge in [-0.3, -0.25) is 4.98 Å². The summed E-state index contributed by atoms with van der Waals surface area (Å²) >= 11 is 4.82. The van der Waals surface area contributed by atoms with Gasteiger partial charge >= 0.3 is 6.18 Å². The lowest BCUT2D eigenvalue weighted by atomic mass is 10.2. The summed E-state index contributed by atoms with van der Waals surface area (Å²) in [5, 5.41) is 3.43. The zero-order chi connectivity index (χ0) is 13.3. The topological polar surface area (TPSA) is 56.7 Å². The van der Waals surface area contributed by atoms with Gasteiger partial charge in [-0.15, -0.1) is 0 Å². The summed E-state index contributed by atoms with van der Waals surface area (Å²) in [4.78, 5) is 3.88. The highest BCUT2D eigenvalue weighted by molar-refractivity contribution is 7.80. The van der Waals surface area contributed by atoms with Crippen molar-refractivity contribution in [3.05, 3.63) is 42.0 Å². The molecule has 0 aliphatic heterocycles. The van der Waals surface area contributed by atoms with Crippen LogP contribution in [0.4, 0.5) is 13.2 Å². The molecule has 18 heavy (non-hydrogen) atoms. The van der Waals surface area contributed by atoms with Crippen molar-refractivity contribution in [3.63, 3.8) is 0 Å².